The van der Waals surface area contributed by atoms with Crippen LogP contribution in [0.5, 0.6) is 0 Å². The third kappa shape index (κ3) is 4.55. The SMILES string of the molecule is Cc1ccc(-c2ncccn2)c(C(=O)N2CCCC(Nc3nc(C)cc(C)n3)C2C)c1. The highest BCUT2D eigenvalue weighted by molar-refractivity contribution is 6.00. The summed E-state index contributed by atoms with van der Waals surface area (Å²) in [5.41, 5.74) is 4.29. The zero-order valence-electron chi connectivity index (χ0n) is 18.5. The van der Waals surface area contributed by atoms with Crippen molar-refractivity contribution in [2.24, 2.45) is 0 Å². The lowest BCUT2D eigenvalue weighted by Crippen LogP contribution is -2.52. The van der Waals surface area contributed by atoms with Crippen molar-refractivity contribution in [2.75, 3.05) is 11.9 Å². The average molecular weight is 417 g/mol. The number of nitrogens with zero attached hydrogens (tertiary/aromatic N) is 5. The van der Waals surface area contributed by atoms with Gasteiger partial charge in [0.1, 0.15) is 0 Å². The van der Waals surface area contributed by atoms with E-state index in [-0.39, 0.29) is 18.0 Å². The Hall–Kier alpha value is -3.35. The zero-order chi connectivity index (χ0) is 22.0. The lowest BCUT2D eigenvalue weighted by atomic mass is 9.95. The number of rotatable bonds is 4. The summed E-state index contributed by atoms with van der Waals surface area (Å²) in [4.78, 5) is 33.4. The molecule has 1 saturated heterocycles. The van der Waals surface area contributed by atoms with Crippen LogP contribution in [0.2, 0.25) is 0 Å². The highest BCUT2D eigenvalue weighted by Gasteiger charge is 2.33. The molecule has 1 amide bonds. The topological polar surface area (TPSA) is 83.9 Å². The fourth-order valence-corrected chi connectivity index (χ4v) is 4.20. The van der Waals surface area contributed by atoms with Crippen molar-refractivity contribution in [3.8, 4) is 11.4 Å². The van der Waals surface area contributed by atoms with Crippen LogP contribution in [-0.2, 0) is 0 Å². The molecule has 31 heavy (non-hydrogen) atoms. The molecule has 2 aromatic heterocycles. The summed E-state index contributed by atoms with van der Waals surface area (Å²) in [6, 6.07) is 9.67. The van der Waals surface area contributed by atoms with Crippen LogP contribution in [0, 0.1) is 20.8 Å². The first kappa shape index (κ1) is 20.9. The van der Waals surface area contributed by atoms with E-state index in [9.17, 15) is 4.79 Å². The number of anilines is 1. The first-order valence-electron chi connectivity index (χ1n) is 10.7. The molecule has 1 aromatic carbocycles. The van der Waals surface area contributed by atoms with Gasteiger partial charge in [-0.1, -0.05) is 17.7 Å². The predicted octanol–water partition coefficient (Wildman–Crippen LogP) is 3.96. The van der Waals surface area contributed by atoms with Crippen molar-refractivity contribution in [2.45, 2.75) is 52.6 Å². The Morgan fingerprint density at radius 3 is 2.48 bits per heavy atom. The van der Waals surface area contributed by atoms with Crippen LogP contribution in [0.1, 0.15) is 47.1 Å². The molecule has 0 aliphatic carbocycles. The van der Waals surface area contributed by atoms with Gasteiger partial charge in [-0.25, -0.2) is 19.9 Å². The first-order chi connectivity index (χ1) is 14.9. The molecular formula is C24H28N6O. The lowest BCUT2D eigenvalue weighted by molar-refractivity contribution is 0.0617. The molecule has 0 bridgehead atoms. The molecule has 7 nitrogen and oxygen atoms in total. The summed E-state index contributed by atoms with van der Waals surface area (Å²) in [7, 11) is 0. The minimum atomic E-state index is -0.00396. The Morgan fingerprint density at radius 2 is 1.77 bits per heavy atom. The molecule has 3 heterocycles. The van der Waals surface area contributed by atoms with Crippen molar-refractivity contribution < 1.29 is 4.79 Å². The van der Waals surface area contributed by atoms with Gasteiger partial charge in [-0.05, 0) is 58.7 Å². The molecule has 3 aromatic rings. The van der Waals surface area contributed by atoms with Gasteiger partial charge in [-0.15, -0.1) is 0 Å². The maximum atomic E-state index is 13.7. The second kappa shape index (κ2) is 8.79. The second-order valence-electron chi connectivity index (χ2n) is 8.23. The van der Waals surface area contributed by atoms with Gasteiger partial charge in [0.15, 0.2) is 5.82 Å². The molecule has 4 rings (SSSR count). The molecule has 2 unspecified atom stereocenters. The van der Waals surface area contributed by atoms with Crippen LogP contribution in [0.25, 0.3) is 11.4 Å². The zero-order valence-corrected chi connectivity index (χ0v) is 18.5. The number of hydrogen-bond donors (Lipinski definition) is 1. The molecule has 1 aliphatic rings. The number of carbonyl (C=O) groups is 1. The highest BCUT2D eigenvalue weighted by atomic mass is 16.2. The van der Waals surface area contributed by atoms with Crippen LogP contribution in [0.3, 0.4) is 0 Å². The maximum Gasteiger partial charge on any atom is 0.254 e. The van der Waals surface area contributed by atoms with E-state index < -0.39 is 0 Å². The monoisotopic (exact) mass is 416 g/mol. The van der Waals surface area contributed by atoms with Crippen LogP contribution in [-0.4, -0.2) is 49.4 Å². The van der Waals surface area contributed by atoms with Crippen LogP contribution in [0.15, 0.2) is 42.7 Å². The van der Waals surface area contributed by atoms with Gasteiger partial charge in [-0.2, -0.15) is 0 Å². The van der Waals surface area contributed by atoms with Crippen molar-refractivity contribution in [1.82, 2.24) is 24.8 Å². The molecular weight excluding hydrogens is 388 g/mol. The fourth-order valence-electron chi connectivity index (χ4n) is 4.20. The number of aromatic nitrogens is 4. The molecule has 1 aliphatic heterocycles. The highest BCUT2D eigenvalue weighted by Crippen LogP contribution is 2.27. The normalized spacial score (nSPS) is 18.6. The van der Waals surface area contributed by atoms with E-state index in [1.165, 1.54) is 0 Å². The van der Waals surface area contributed by atoms with E-state index in [1.807, 2.05) is 49.9 Å². The number of nitrogens with one attached hydrogen (secondary N) is 1. The molecule has 0 spiro atoms. The summed E-state index contributed by atoms with van der Waals surface area (Å²) in [6.07, 6.45) is 5.28. The van der Waals surface area contributed by atoms with Crippen LogP contribution >= 0.6 is 0 Å². The first-order valence-corrected chi connectivity index (χ1v) is 10.7. The van der Waals surface area contributed by atoms with E-state index in [0.717, 1.165) is 41.9 Å². The Labute approximate surface area is 183 Å². The number of likely N-dealkylation sites (tertiary alicyclic amines) is 1. The Kier molecular flexibility index (Phi) is 5.93. The predicted molar refractivity (Wildman–Crippen MR) is 121 cm³/mol. The van der Waals surface area contributed by atoms with Gasteiger partial charge in [0.05, 0.1) is 5.56 Å². The summed E-state index contributed by atoms with van der Waals surface area (Å²) in [6.45, 7) is 8.73. The number of hydrogen-bond acceptors (Lipinski definition) is 6. The molecule has 2 atom stereocenters. The molecule has 1 N–H and O–H groups in total. The third-order valence-corrected chi connectivity index (χ3v) is 5.76. The van der Waals surface area contributed by atoms with Crippen molar-refractivity contribution in [3.63, 3.8) is 0 Å². The number of aryl methyl sites for hydroxylation is 3. The molecule has 1 fully saturated rings. The standard InChI is InChI=1S/C24H28N6O/c1-15-8-9-19(22-25-10-6-11-26-22)20(13-15)23(31)30-12-5-7-21(18(30)4)29-24-27-16(2)14-17(3)28-24/h6,8-11,13-14,18,21H,5,7,12H2,1-4H3,(H,27,28,29). The number of piperidine rings is 1. The minimum Gasteiger partial charge on any atom is -0.349 e. The largest absolute Gasteiger partial charge is 0.349 e. The second-order valence-corrected chi connectivity index (χ2v) is 8.23. The van der Waals surface area contributed by atoms with E-state index in [4.69, 9.17) is 0 Å². The van der Waals surface area contributed by atoms with Crippen LogP contribution in [0.4, 0.5) is 5.95 Å². The van der Waals surface area contributed by atoms with Gasteiger partial charge in [0, 0.05) is 48.0 Å². The average Bonchev–Trinajstić information content (AvgIpc) is 2.74. The summed E-state index contributed by atoms with van der Waals surface area (Å²) < 4.78 is 0. The van der Waals surface area contributed by atoms with Gasteiger partial charge in [-0.3, -0.25) is 4.79 Å². The number of benzene rings is 1. The summed E-state index contributed by atoms with van der Waals surface area (Å²) in [5.74, 6) is 1.19. The molecule has 0 saturated carbocycles. The van der Waals surface area contributed by atoms with Gasteiger partial charge in [0.25, 0.3) is 5.91 Å². The maximum absolute atomic E-state index is 13.7. The smallest absolute Gasteiger partial charge is 0.254 e. The Morgan fingerprint density at radius 1 is 1.06 bits per heavy atom. The van der Waals surface area contributed by atoms with Gasteiger partial charge >= 0.3 is 0 Å². The van der Waals surface area contributed by atoms with Crippen molar-refractivity contribution in [3.05, 3.63) is 65.2 Å². The van der Waals surface area contributed by atoms with E-state index in [1.54, 1.807) is 18.5 Å². The number of carbonyl (C=O) groups excluding carboxylic acids is 1. The molecule has 160 valence electrons. The Balaban J connectivity index is 1.61. The minimum absolute atomic E-state index is 0.00396. The molecule has 7 heteroatoms. The van der Waals surface area contributed by atoms with Crippen molar-refractivity contribution in [1.29, 1.82) is 0 Å². The van der Waals surface area contributed by atoms with Gasteiger partial charge < -0.3 is 10.2 Å². The fraction of sp³-hybridized carbons (Fsp3) is 0.375. The molecule has 0 radical (unpaired) electrons. The number of amides is 1. The lowest BCUT2D eigenvalue weighted by Gasteiger charge is -2.40. The summed E-state index contributed by atoms with van der Waals surface area (Å²) >= 11 is 0. The summed E-state index contributed by atoms with van der Waals surface area (Å²) in [5, 5.41) is 3.47. The van der Waals surface area contributed by atoms with E-state index >= 15 is 0 Å². The van der Waals surface area contributed by atoms with Crippen LogP contribution < -0.4 is 5.32 Å². The quantitative estimate of drug-likeness (QED) is 0.693. The van der Waals surface area contributed by atoms with Gasteiger partial charge in [0.2, 0.25) is 5.95 Å². The van der Waals surface area contributed by atoms with Crippen molar-refractivity contribution >= 4 is 11.9 Å². The van der Waals surface area contributed by atoms with E-state index in [2.05, 4.69) is 32.2 Å². The van der Waals surface area contributed by atoms with E-state index in [0.29, 0.717) is 17.3 Å². The Bertz CT molecular complexity index is 1060. The third-order valence-electron chi connectivity index (χ3n) is 5.76.